The number of fused-ring (bicyclic) bond motifs is 7. The molecule has 2 aromatic heterocycles. The van der Waals surface area contributed by atoms with Crippen molar-refractivity contribution in [2.45, 2.75) is 12.3 Å². The molecule has 4 heterocycles. The molecule has 2 N–H and O–H groups in total. The quantitative estimate of drug-likeness (QED) is 0.224. The third kappa shape index (κ3) is 3.88. The largest absolute Gasteiger partial charge is 0.455 e. The van der Waals surface area contributed by atoms with Crippen molar-refractivity contribution in [1.29, 1.82) is 0 Å². The molecule has 7 aromatic rings. The van der Waals surface area contributed by atoms with E-state index in [1.54, 1.807) is 0 Å². The summed E-state index contributed by atoms with van der Waals surface area (Å²) in [6, 6.07) is 41.6. The number of rotatable bonds is 4. The number of para-hydroxylation sites is 2. The second-order valence-electron chi connectivity index (χ2n) is 11.1. The van der Waals surface area contributed by atoms with Gasteiger partial charge in [-0.2, -0.15) is 0 Å². The summed E-state index contributed by atoms with van der Waals surface area (Å²) in [5, 5.41) is 11.9. The molecule has 0 amide bonds. The van der Waals surface area contributed by atoms with Crippen LogP contribution in [0.2, 0.25) is 0 Å². The van der Waals surface area contributed by atoms with Crippen molar-refractivity contribution in [3.05, 3.63) is 156 Å². The number of nitrogens with zero attached hydrogens (tertiary/aromatic N) is 3. The molecule has 2 aliphatic rings. The molecule has 6 nitrogen and oxygen atoms in total. The van der Waals surface area contributed by atoms with Gasteiger partial charge in [0.15, 0.2) is 11.7 Å². The van der Waals surface area contributed by atoms with E-state index in [1.807, 2.05) is 48.5 Å². The average Bonchev–Trinajstić information content (AvgIpc) is 3.65. The van der Waals surface area contributed by atoms with E-state index in [4.69, 9.17) is 14.4 Å². The van der Waals surface area contributed by atoms with E-state index in [2.05, 4.69) is 106 Å². The first-order valence-electron chi connectivity index (χ1n) is 14.8. The molecule has 6 heteroatoms. The molecule has 0 spiro atoms. The Morgan fingerprint density at radius 3 is 2.27 bits per heavy atom. The monoisotopic (exact) mass is 569 g/mol. The summed E-state index contributed by atoms with van der Waals surface area (Å²) < 4.78 is 8.85. The minimum absolute atomic E-state index is 0.155. The van der Waals surface area contributed by atoms with E-state index >= 15 is 0 Å². The van der Waals surface area contributed by atoms with Crippen molar-refractivity contribution < 1.29 is 4.42 Å². The van der Waals surface area contributed by atoms with Gasteiger partial charge in [0.1, 0.15) is 23.5 Å². The second kappa shape index (κ2) is 9.85. The molecule has 9 rings (SSSR count). The zero-order valence-electron chi connectivity index (χ0n) is 23.7. The molecule has 44 heavy (non-hydrogen) atoms. The van der Waals surface area contributed by atoms with Crippen LogP contribution in [-0.4, -0.2) is 16.2 Å². The minimum Gasteiger partial charge on any atom is -0.455 e. The summed E-state index contributed by atoms with van der Waals surface area (Å²) >= 11 is 0. The van der Waals surface area contributed by atoms with Crippen LogP contribution < -0.4 is 10.6 Å². The van der Waals surface area contributed by atoms with Crippen LogP contribution in [0.25, 0.3) is 43.7 Å². The Kier molecular flexibility index (Phi) is 5.53. The molecule has 2 aliphatic heterocycles. The summed E-state index contributed by atoms with van der Waals surface area (Å²) in [5.74, 6) is 1.45. The van der Waals surface area contributed by atoms with Crippen molar-refractivity contribution in [1.82, 2.24) is 15.2 Å². The van der Waals surface area contributed by atoms with Gasteiger partial charge in [-0.15, -0.1) is 0 Å². The van der Waals surface area contributed by atoms with Crippen molar-refractivity contribution in [3.8, 4) is 0 Å². The SMILES string of the molecule is C1=CC(n2c3ccccc3c3c4oc5ccccc5c4ccc32)NC(C2=NC(c3ccccc3)=NC(c3ccccc3)N2)=C1. The van der Waals surface area contributed by atoms with Crippen LogP contribution in [0.1, 0.15) is 23.5 Å². The molecule has 0 saturated carbocycles. The summed E-state index contributed by atoms with van der Waals surface area (Å²) in [6.45, 7) is 0. The minimum atomic E-state index is -0.263. The maximum absolute atomic E-state index is 6.49. The van der Waals surface area contributed by atoms with Gasteiger partial charge < -0.3 is 19.6 Å². The lowest BCUT2D eigenvalue weighted by Crippen LogP contribution is -2.40. The van der Waals surface area contributed by atoms with E-state index in [-0.39, 0.29) is 12.3 Å². The highest BCUT2D eigenvalue weighted by Gasteiger charge is 2.26. The molecule has 2 unspecified atom stereocenters. The van der Waals surface area contributed by atoms with Gasteiger partial charge in [-0.05, 0) is 42.0 Å². The van der Waals surface area contributed by atoms with E-state index < -0.39 is 0 Å². The molecule has 0 radical (unpaired) electrons. The van der Waals surface area contributed by atoms with Crippen LogP contribution in [0.15, 0.2) is 160 Å². The first-order valence-corrected chi connectivity index (χ1v) is 14.8. The third-order valence-corrected chi connectivity index (χ3v) is 8.50. The summed E-state index contributed by atoms with van der Waals surface area (Å²) in [4.78, 5) is 10.0. The number of amidine groups is 2. The Morgan fingerprint density at radius 1 is 0.659 bits per heavy atom. The number of nitrogens with one attached hydrogen (secondary N) is 2. The molecular formula is C38H27N5O. The lowest BCUT2D eigenvalue weighted by atomic mass is 10.1. The number of aliphatic imine (C=N–C) groups is 2. The summed E-state index contributed by atoms with van der Waals surface area (Å²) in [7, 11) is 0. The number of aromatic nitrogens is 1. The second-order valence-corrected chi connectivity index (χ2v) is 11.1. The molecule has 0 bridgehead atoms. The summed E-state index contributed by atoms with van der Waals surface area (Å²) in [5.41, 5.74) is 7.01. The Bertz CT molecular complexity index is 2340. The van der Waals surface area contributed by atoms with Gasteiger partial charge in [0, 0.05) is 21.7 Å². The predicted octanol–water partition coefficient (Wildman–Crippen LogP) is 8.38. The molecule has 210 valence electrons. The van der Waals surface area contributed by atoms with Crippen molar-refractivity contribution in [2.24, 2.45) is 9.98 Å². The Balaban J connectivity index is 1.15. The fourth-order valence-electron chi connectivity index (χ4n) is 6.48. The highest BCUT2D eigenvalue weighted by molar-refractivity contribution is 6.23. The fourth-order valence-corrected chi connectivity index (χ4v) is 6.48. The van der Waals surface area contributed by atoms with Crippen molar-refractivity contribution in [2.75, 3.05) is 0 Å². The van der Waals surface area contributed by atoms with Gasteiger partial charge in [0.2, 0.25) is 0 Å². The van der Waals surface area contributed by atoms with Gasteiger partial charge in [0.05, 0.1) is 22.1 Å². The summed E-state index contributed by atoms with van der Waals surface area (Å²) in [6.07, 6.45) is 5.94. The lowest BCUT2D eigenvalue weighted by Gasteiger charge is -2.29. The zero-order chi connectivity index (χ0) is 29.0. The smallest absolute Gasteiger partial charge is 0.159 e. The highest BCUT2D eigenvalue weighted by Crippen LogP contribution is 2.40. The van der Waals surface area contributed by atoms with Crippen LogP contribution >= 0.6 is 0 Å². The molecule has 0 fully saturated rings. The van der Waals surface area contributed by atoms with Crippen LogP contribution in [-0.2, 0) is 0 Å². The molecular weight excluding hydrogens is 542 g/mol. The Labute approximate surface area is 253 Å². The first kappa shape index (κ1) is 24.7. The van der Waals surface area contributed by atoms with Gasteiger partial charge in [0.25, 0.3) is 0 Å². The lowest BCUT2D eigenvalue weighted by molar-refractivity contribution is 0.560. The molecule has 0 aliphatic carbocycles. The first-order chi connectivity index (χ1) is 21.8. The number of allylic oxidation sites excluding steroid dienone is 2. The predicted molar refractivity (Wildman–Crippen MR) is 179 cm³/mol. The normalized spacial score (nSPS) is 18.2. The average molecular weight is 570 g/mol. The fraction of sp³-hybridized carbons (Fsp3) is 0.0526. The van der Waals surface area contributed by atoms with Crippen LogP contribution in [0, 0.1) is 0 Å². The van der Waals surface area contributed by atoms with Crippen LogP contribution in [0.5, 0.6) is 0 Å². The number of furan rings is 1. The maximum atomic E-state index is 6.49. The Morgan fingerprint density at radius 2 is 1.41 bits per heavy atom. The third-order valence-electron chi connectivity index (χ3n) is 8.50. The molecule has 2 atom stereocenters. The standard InChI is InChI=1S/C38H27N5O/c1-3-12-24(13-4-1)36-40-37(25-14-5-2-6-15-25)42-38(41-36)29-18-11-21-33(39-29)43-30-19-9-7-17-28(30)34-31(43)23-22-27-26-16-8-10-20-32(26)44-35(27)34/h1-23,33,36,39H,(H,40,41,42). The maximum Gasteiger partial charge on any atom is 0.159 e. The number of hydrogen-bond acceptors (Lipinski definition) is 5. The van der Waals surface area contributed by atoms with Gasteiger partial charge in [-0.3, -0.25) is 0 Å². The van der Waals surface area contributed by atoms with Gasteiger partial charge >= 0.3 is 0 Å². The molecule has 5 aromatic carbocycles. The van der Waals surface area contributed by atoms with Crippen molar-refractivity contribution in [3.63, 3.8) is 0 Å². The van der Waals surface area contributed by atoms with E-state index in [0.29, 0.717) is 5.84 Å². The van der Waals surface area contributed by atoms with E-state index in [9.17, 15) is 0 Å². The zero-order valence-corrected chi connectivity index (χ0v) is 23.7. The van der Waals surface area contributed by atoms with E-state index in [1.165, 1.54) is 0 Å². The highest BCUT2D eigenvalue weighted by atomic mass is 16.3. The van der Waals surface area contributed by atoms with E-state index in [0.717, 1.165) is 66.4 Å². The number of hydrogen-bond donors (Lipinski definition) is 2. The Hall–Kier alpha value is -5.88. The number of dihydropyridines is 1. The number of benzene rings is 5. The van der Waals surface area contributed by atoms with Crippen LogP contribution in [0.4, 0.5) is 0 Å². The molecule has 0 saturated heterocycles. The van der Waals surface area contributed by atoms with Crippen molar-refractivity contribution >= 4 is 55.4 Å². The van der Waals surface area contributed by atoms with Gasteiger partial charge in [-0.1, -0.05) is 103 Å². The van der Waals surface area contributed by atoms with Gasteiger partial charge in [-0.25, -0.2) is 9.98 Å². The topological polar surface area (TPSA) is 66.8 Å². The van der Waals surface area contributed by atoms with Crippen LogP contribution in [0.3, 0.4) is 0 Å².